The fraction of sp³-hybridized carbons (Fsp3) is 0.167. The molecule has 1 amide bonds. The third kappa shape index (κ3) is 2.83. The van der Waals surface area contributed by atoms with Gasteiger partial charge in [0.15, 0.2) is 0 Å². The predicted octanol–water partition coefficient (Wildman–Crippen LogP) is 2.83. The van der Waals surface area contributed by atoms with Crippen molar-refractivity contribution in [2.45, 2.75) is 0 Å². The molecule has 0 saturated carbocycles. The molecule has 0 atom stereocenters. The molecule has 0 aromatic heterocycles. The number of hydrogen-bond acceptors (Lipinski definition) is 5. The summed E-state index contributed by atoms with van der Waals surface area (Å²) in [5.74, 6) is 1.38. The summed E-state index contributed by atoms with van der Waals surface area (Å²) in [6.07, 6.45) is 1.83. The zero-order valence-corrected chi connectivity index (χ0v) is 11.5. The third-order valence-electron chi connectivity index (χ3n) is 2.31. The topological polar surface area (TPSA) is 47.6 Å². The Balaban J connectivity index is 2.36. The summed E-state index contributed by atoms with van der Waals surface area (Å²) in [5, 5.41) is 2.42. The maximum absolute atomic E-state index is 11.2. The van der Waals surface area contributed by atoms with Crippen molar-refractivity contribution in [3.63, 3.8) is 0 Å². The van der Waals surface area contributed by atoms with Gasteiger partial charge in [-0.1, -0.05) is 12.2 Å². The van der Waals surface area contributed by atoms with Gasteiger partial charge in [-0.05, 0) is 35.5 Å². The molecule has 1 aliphatic rings. The summed E-state index contributed by atoms with van der Waals surface area (Å²) in [6, 6.07) is 5.48. The van der Waals surface area contributed by atoms with E-state index in [1.165, 1.54) is 0 Å². The summed E-state index contributed by atoms with van der Waals surface area (Å²) < 4.78 is 10.4. The molecule has 0 unspecified atom stereocenters. The largest absolute Gasteiger partial charge is 0.497 e. The Labute approximate surface area is 114 Å². The lowest BCUT2D eigenvalue weighted by molar-refractivity contribution is 0.265. The number of carbonyl (C=O) groups is 1. The van der Waals surface area contributed by atoms with E-state index in [0.29, 0.717) is 16.5 Å². The lowest BCUT2D eigenvalue weighted by Gasteiger charge is -2.06. The quantitative estimate of drug-likeness (QED) is 0.682. The number of hydrogen-bond donors (Lipinski definition) is 1. The molecule has 0 spiro atoms. The van der Waals surface area contributed by atoms with Crippen LogP contribution in [0.2, 0.25) is 0 Å². The van der Waals surface area contributed by atoms with Gasteiger partial charge in [0.1, 0.15) is 16.5 Å². The van der Waals surface area contributed by atoms with Gasteiger partial charge in [-0.25, -0.2) is 0 Å². The van der Waals surface area contributed by atoms with E-state index in [9.17, 15) is 4.79 Å². The first-order valence-corrected chi connectivity index (χ1v) is 6.33. The summed E-state index contributed by atoms with van der Waals surface area (Å²) in [7, 11) is 3.18. The smallest absolute Gasteiger partial charge is 0.289 e. The van der Waals surface area contributed by atoms with Gasteiger partial charge in [-0.15, -0.1) is 0 Å². The van der Waals surface area contributed by atoms with Crippen LogP contribution in [-0.4, -0.2) is 24.4 Å². The average Bonchev–Trinajstić information content (AvgIpc) is 2.67. The highest BCUT2D eigenvalue weighted by molar-refractivity contribution is 8.19. The van der Waals surface area contributed by atoms with Crippen LogP contribution in [0.3, 0.4) is 0 Å². The molecule has 0 bridgehead atoms. The van der Waals surface area contributed by atoms with Crippen LogP contribution >= 0.6 is 24.0 Å². The summed E-state index contributed by atoms with van der Waals surface area (Å²) >= 11 is 6.14. The van der Waals surface area contributed by atoms with Crippen molar-refractivity contribution >= 4 is 40.3 Å². The van der Waals surface area contributed by atoms with E-state index in [1.54, 1.807) is 20.3 Å². The van der Waals surface area contributed by atoms with Gasteiger partial charge in [0.25, 0.3) is 5.24 Å². The minimum Gasteiger partial charge on any atom is -0.497 e. The van der Waals surface area contributed by atoms with Crippen LogP contribution in [0.15, 0.2) is 23.1 Å². The van der Waals surface area contributed by atoms with Gasteiger partial charge in [0, 0.05) is 6.07 Å². The normalized spacial score (nSPS) is 16.9. The second-order valence-corrected chi connectivity index (χ2v) is 4.92. The van der Waals surface area contributed by atoms with Gasteiger partial charge in [-0.2, -0.15) is 0 Å². The highest BCUT2D eigenvalue weighted by Gasteiger charge is 2.21. The van der Waals surface area contributed by atoms with Gasteiger partial charge >= 0.3 is 0 Å². The first-order valence-electron chi connectivity index (χ1n) is 5.10. The monoisotopic (exact) mass is 281 g/mol. The van der Waals surface area contributed by atoms with Crippen molar-refractivity contribution in [1.29, 1.82) is 0 Å². The molecule has 18 heavy (non-hydrogen) atoms. The molecule has 1 heterocycles. The Bertz CT molecular complexity index is 518. The Hall–Kier alpha value is -1.53. The molecule has 1 N–H and O–H groups in total. The van der Waals surface area contributed by atoms with Crippen LogP contribution in [0.25, 0.3) is 6.08 Å². The number of carbonyl (C=O) groups excluding carboxylic acids is 1. The van der Waals surface area contributed by atoms with E-state index in [2.05, 4.69) is 5.32 Å². The summed E-state index contributed by atoms with van der Waals surface area (Å²) in [6.45, 7) is 0. The Morgan fingerprint density at radius 2 is 1.83 bits per heavy atom. The van der Waals surface area contributed by atoms with Crippen LogP contribution in [0.1, 0.15) is 5.56 Å². The number of amides is 1. The van der Waals surface area contributed by atoms with Crippen LogP contribution < -0.4 is 14.8 Å². The first kappa shape index (κ1) is 12.9. The van der Waals surface area contributed by atoms with E-state index in [1.807, 2.05) is 18.2 Å². The maximum atomic E-state index is 11.2. The summed E-state index contributed by atoms with van der Waals surface area (Å²) in [5.41, 5.74) is 0.868. The summed E-state index contributed by atoms with van der Waals surface area (Å²) in [4.78, 5) is 12.4. The Morgan fingerprint density at radius 3 is 2.28 bits per heavy atom. The molecule has 1 aliphatic heterocycles. The number of methoxy groups -OCH3 is 2. The van der Waals surface area contributed by atoms with E-state index >= 15 is 0 Å². The second kappa shape index (κ2) is 5.41. The second-order valence-electron chi connectivity index (χ2n) is 3.50. The maximum Gasteiger partial charge on any atom is 0.289 e. The van der Waals surface area contributed by atoms with Crippen LogP contribution in [-0.2, 0) is 0 Å². The number of nitrogens with one attached hydrogen (secondary N) is 1. The van der Waals surface area contributed by atoms with Crippen molar-refractivity contribution in [2.24, 2.45) is 0 Å². The molecule has 94 valence electrons. The Morgan fingerprint density at radius 1 is 1.22 bits per heavy atom. The lowest BCUT2D eigenvalue weighted by Crippen LogP contribution is -2.15. The molecule has 0 aliphatic carbocycles. The van der Waals surface area contributed by atoms with Gasteiger partial charge in [0.05, 0.1) is 19.1 Å². The SMILES string of the molecule is COc1cc(C=C2SC(=O)NC2=S)cc(OC)c1. The standard InChI is InChI=1S/C12H11NO3S2/c1-15-8-3-7(4-9(6-8)16-2)5-10-11(17)13-12(14)18-10/h3-6H,1-2H3,(H,13,14,17). The molecule has 1 aromatic rings. The Kier molecular flexibility index (Phi) is 3.88. The van der Waals surface area contributed by atoms with Crippen LogP contribution in [0, 0.1) is 0 Å². The molecule has 1 fully saturated rings. The van der Waals surface area contributed by atoms with Crippen LogP contribution in [0.4, 0.5) is 4.79 Å². The lowest BCUT2D eigenvalue weighted by atomic mass is 10.2. The average molecular weight is 281 g/mol. The highest BCUT2D eigenvalue weighted by atomic mass is 32.2. The molecular formula is C12H11NO3S2. The number of ether oxygens (including phenoxy) is 2. The van der Waals surface area contributed by atoms with Crippen molar-refractivity contribution < 1.29 is 14.3 Å². The molecule has 1 aromatic carbocycles. The van der Waals surface area contributed by atoms with Crippen molar-refractivity contribution in [1.82, 2.24) is 5.32 Å². The number of thiocarbonyl (C=S) groups is 1. The van der Waals surface area contributed by atoms with E-state index in [0.717, 1.165) is 22.2 Å². The molecule has 2 rings (SSSR count). The van der Waals surface area contributed by atoms with E-state index in [-0.39, 0.29) is 5.24 Å². The van der Waals surface area contributed by atoms with Gasteiger partial charge in [0.2, 0.25) is 0 Å². The minimum atomic E-state index is -0.152. The van der Waals surface area contributed by atoms with Crippen LogP contribution in [0.5, 0.6) is 11.5 Å². The number of benzene rings is 1. The molecule has 4 nitrogen and oxygen atoms in total. The minimum absolute atomic E-state index is 0.152. The van der Waals surface area contributed by atoms with Gasteiger partial charge < -0.3 is 14.8 Å². The van der Waals surface area contributed by atoms with Gasteiger partial charge in [-0.3, -0.25) is 4.79 Å². The predicted molar refractivity (Wildman–Crippen MR) is 76.2 cm³/mol. The highest BCUT2D eigenvalue weighted by Crippen LogP contribution is 2.29. The molecular weight excluding hydrogens is 270 g/mol. The zero-order chi connectivity index (χ0) is 13.1. The van der Waals surface area contributed by atoms with Crippen molar-refractivity contribution in [3.8, 4) is 11.5 Å². The fourth-order valence-electron chi connectivity index (χ4n) is 1.49. The van der Waals surface area contributed by atoms with Crippen molar-refractivity contribution in [2.75, 3.05) is 14.2 Å². The molecule has 6 heteroatoms. The van der Waals surface area contributed by atoms with E-state index < -0.39 is 0 Å². The number of thioether (sulfide) groups is 1. The zero-order valence-electron chi connectivity index (χ0n) is 9.85. The molecule has 0 radical (unpaired) electrons. The fourth-order valence-corrected chi connectivity index (χ4v) is 2.52. The third-order valence-corrected chi connectivity index (χ3v) is 3.59. The first-order chi connectivity index (χ1) is 8.62. The van der Waals surface area contributed by atoms with E-state index in [4.69, 9.17) is 21.7 Å². The number of rotatable bonds is 3. The molecule has 1 saturated heterocycles. The van der Waals surface area contributed by atoms with Crippen molar-refractivity contribution in [3.05, 3.63) is 28.7 Å².